The van der Waals surface area contributed by atoms with Crippen LogP contribution in [0.3, 0.4) is 0 Å². The second-order valence-electron chi connectivity index (χ2n) is 5.12. The van der Waals surface area contributed by atoms with Crippen LogP contribution >= 0.6 is 11.6 Å². The Hall–Kier alpha value is -2.59. The summed E-state index contributed by atoms with van der Waals surface area (Å²) in [6.45, 7) is 2.00. The lowest BCUT2D eigenvalue weighted by atomic mass is 10.0. The van der Waals surface area contributed by atoms with Crippen LogP contribution in [0.25, 0.3) is 28.2 Å². The van der Waals surface area contributed by atoms with Crippen molar-refractivity contribution < 1.29 is 4.79 Å². The van der Waals surface area contributed by atoms with E-state index in [4.69, 9.17) is 17.3 Å². The number of carbonyl (C=O) groups excluding carboxylic acids is 1. The SMILES string of the molecule is Cc1cc(Cl)cc(-c2cnc3[nH]cc(/C=C/C(N)=O)c3c2)c1. The van der Waals surface area contributed by atoms with Gasteiger partial charge in [-0.2, -0.15) is 0 Å². The number of aromatic amines is 1. The Bertz CT molecular complexity index is 876. The summed E-state index contributed by atoms with van der Waals surface area (Å²) in [5.41, 5.74) is 9.82. The van der Waals surface area contributed by atoms with Crippen LogP contribution in [-0.4, -0.2) is 15.9 Å². The van der Waals surface area contributed by atoms with E-state index in [1.807, 2.05) is 25.1 Å². The molecular weight excluding hydrogens is 298 g/mol. The number of hydrogen-bond donors (Lipinski definition) is 2. The third-order valence-electron chi connectivity index (χ3n) is 3.37. The van der Waals surface area contributed by atoms with E-state index < -0.39 is 5.91 Å². The topological polar surface area (TPSA) is 71.8 Å². The number of nitrogens with one attached hydrogen (secondary N) is 1. The highest BCUT2D eigenvalue weighted by atomic mass is 35.5. The van der Waals surface area contributed by atoms with E-state index >= 15 is 0 Å². The largest absolute Gasteiger partial charge is 0.366 e. The number of carbonyl (C=O) groups is 1. The van der Waals surface area contributed by atoms with Crippen LogP contribution in [0.1, 0.15) is 11.1 Å². The van der Waals surface area contributed by atoms with Crippen molar-refractivity contribution in [1.82, 2.24) is 9.97 Å². The molecule has 2 heterocycles. The lowest BCUT2D eigenvalue weighted by Crippen LogP contribution is -2.04. The van der Waals surface area contributed by atoms with Crippen molar-refractivity contribution in [2.45, 2.75) is 6.92 Å². The average molecular weight is 312 g/mol. The number of halogens is 1. The Morgan fingerprint density at radius 2 is 2.09 bits per heavy atom. The molecule has 0 bridgehead atoms. The third kappa shape index (κ3) is 2.87. The first-order chi connectivity index (χ1) is 10.5. The fraction of sp³-hybridized carbons (Fsp3) is 0.0588. The average Bonchev–Trinajstić information content (AvgIpc) is 2.86. The van der Waals surface area contributed by atoms with Crippen molar-refractivity contribution in [3.05, 3.63) is 58.9 Å². The number of aromatic nitrogens is 2. The summed E-state index contributed by atoms with van der Waals surface area (Å²) in [7, 11) is 0. The maximum atomic E-state index is 10.9. The van der Waals surface area contributed by atoms with Crippen LogP contribution in [0.15, 0.2) is 42.7 Å². The first-order valence-electron chi connectivity index (χ1n) is 6.75. The highest BCUT2D eigenvalue weighted by Gasteiger charge is 2.07. The Morgan fingerprint density at radius 3 is 2.82 bits per heavy atom. The summed E-state index contributed by atoms with van der Waals surface area (Å²) in [6, 6.07) is 7.89. The van der Waals surface area contributed by atoms with Crippen LogP contribution in [0.4, 0.5) is 0 Å². The minimum Gasteiger partial charge on any atom is -0.366 e. The van der Waals surface area contributed by atoms with Gasteiger partial charge in [0.1, 0.15) is 5.65 Å². The van der Waals surface area contributed by atoms with E-state index in [1.165, 1.54) is 6.08 Å². The Balaban J connectivity index is 2.12. The minimum atomic E-state index is -0.482. The number of nitrogens with two attached hydrogens (primary N) is 1. The molecule has 3 aromatic rings. The van der Waals surface area contributed by atoms with Crippen LogP contribution in [0, 0.1) is 6.92 Å². The van der Waals surface area contributed by atoms with Crippen LogP contribution in [0.5, 0.6) is 0 Å². The third-order valence-corrected chi connectivity index (χ3v) is 3.58. The van der Waals surface area contributed by atoms with Gasteiger partial charge in [0.05, 0.1) is 0 Å². The maximum Gasteiger partial charge on any atom is 0.241 e. The van der Waals surface area contributed by atoms with Gasteiger partial charge in [0.15, 0.2) is 0 Å². The van der Waals surface area contributed by atoms with Gasteiger partial charge in [-0.1, -0.05) is 17.7 Å². The summed E-state index contributed by atoms with van der Waals surface area (Å²) < 4.78 is 0. The van der Waals surface area contributed by atoms with Gasteiger partial charge in [-0.05, 0) is 42.3 Å². The molecular formula is C17H14ClN3O. The molecule has 0 unspecified atom stereocenters. The minimum absolute atomic E-state index is 0.482. The molecule has 0 aliphatic rings. The Morgan fingerprint density at radius 1 is 1.27 bits per heavy atom. The van der Waals surface area contributed by atoms with Gasteiger partial charge in [-0.15, -0.1) is 0 Å². The highest BCUT2D eigenvalue weighted by Crippen LogP contribution is 2.28. The summed E-state index contributed by atoms with van der Waals surface area (Å²) in [6.07, 6.45) is 6.60. The molecule has 0 saturated heterocycles. The van der Waals surface area contributed by atoms with Crippen molar-refractivity contribution >= 4 is 34.6 Å². The number of amides is 1. The van der Waals surface area contributed by atoms with Gasteiger partial charge in [-0.25, -0.2) is 4.98 Å². The normalized spacial score (nSPS) is 11.4. The van der Waals surface area contributed by atoms with Crippen molar-refractivity contribution in [3.63, 3.8) is 0 Å². The molecule has 22 heavy (non-hydrogen) atoms. The summed E-state index contributed by atoms with van der Waals surface area (Å²) in [4.78, 5) is 18.4. The number of rotatable bonds is 3. The molecule has 1 amide bonds. The molecule has 2 aromatic heterocycles. The van der Waals surface area contributed by atoms with Crippen LogP contribution in [0.2, 0.25) is 5.02 Å². The van der Waals surface area contributed by atoms with E-state index in [9.17, 15) is 4.79 Å². The predicted molar refractivity (Wildman–Crippen MR) is 89.5 cm³/mol. The van der Waals surface area contributed by atoms with Gasteiger partial charge in [-0.3, -0.25) is 4.79 Å². The summed E-state index contributed by atoms with van der Waals surface area (Å²) in [5.74, 6) is -0.482. The van der Waals surface area contributed by atoms with Gasteiger partial charge in [0.25, 0.3) is 0 Å². The molecule has 1 aromatic carbocycles. The molecule has 110 valence electrons. The zero-order chi connectivity index (χ0) is 15.7. The number of hydrogen-bond acceptors (Lipinski definition) is 2. The lowest BCUT2D eigenvalue weighted by molar-refractivity contribution is -0.113. The van der Waals surface area contributed by atoms with E-state index in [-0.39, 0.29) is 0 Å². The zero-order valence-corrected chi connectivity index (χ0v) is 12.7. The van der Waals surface area contributed by atoms with Crippen molar-refractivity contribution in [1.29, 1.82) is 0 Å². The first kappa shape index (κ1) is 14.4. The van der Waals surface area contributed by atoms with E-state index in [1.54, 1.807) is 18.5 Å². The molecule has 0 aliphatic carbocycles. The molecule has 4 nitrogen and oxygen atoms in total. The molecule has 5 heteroatoms. The number of H-pyrrole nitrogens is 1. The number of benzene rings is 1. The number of nitrogens with zero attached hydrogens (tertiary/aromatic N) is 1. The second kappa shape index (κ2) is 5.66. The molecule has 0 spiro atoms. The van der Waals surface area contributed by atoms with Crippen LogP contribution < -0.4 is 5.73 Å². The van der Waals surface area contributed by atoms with E-state index in [0.717, 1.165) is 33.3 Å². The Kier molecular flexibility index (Phi) is 3.69. The van der Waals surface area contributed by atoms with Gasteiger partial charge in [0, 0.05) is 40.0 Å². The molecule has 0 fully saturated rings. The van der Waals surface area contributed by atoms with Crippen LogP contribution in [-0.2, 0) is 4.79 Å². The smallest absolute Gasteiger partial charge is 0.241 e. The standard InChI is InChI=1S/C17H14ClN3O/c1-10-4-12(6-14(18)5-10)13-7-15-11(2-3-16(19)22)8-20-17(15)21-9-13/h2-9H,1H3,(H2,19,22)(H,20,21)/b3-2+. The number of primary amides is 1. The second-order valence-corrected chi connectivity index (χ2v) is 5.55. The van der Waals surface area contributed by atoms with Crippen molar-refractivity contribution in [3.8, 4) is 11.1 Å². The molecule has 0 saturated carbocycles. The fourth-order valence-corrected chi connectivity index (χ4v) is 2.68. The van der Waals surface area contributed by atoms with Gasteiger partial charge in [0.2, 0.25) is 5.91 Å². The highest BCUT2D eigenvalue weighted by molar-refractivity contribution is 6.31. The zero-order valence-electron chi connectivity index (χ0n) is 11.9. The monoisotopic (exact) mass is 311 g/mol. The number of pyridine rings is 1. The molecule has 0 aliphatic heterocycles. The number of aryl methyl sites for hydroxylation is 1. The maximum absolute atomic E-state index is 10.9. The van der Waals surface area contributed by atoms with Gasteiger partial charge < -0.3 is 10.7 Å². The van der Waals surface area contributed by atoms with Crippen molar-refractivity contribution in [2.24, 2.45) is 5.73 Å². The quantitative estimate of drug-likeness (QED) is 0.724. The predicted octanol–water partition coefficient (Wildman–Crippen LogP) is 3.69. The van der Waals surface area contributed by atoms with E-state index in [0.29, 0.717) is 5.02 Å². The molecule has 0 radical (unpaired) electrons. The van der Waals surface area contributed by atoms with Crippen molar-refractivity contribution in [2.75, 3.05) is 0 Å². The van der Waals surface area contributed by atoms with E-state index in [2.05, 4.69) is 16.0 Å². The molecule has 0 atom stereocenters. The first-order valence-corrected chi connectivity index (χ1v) is 7.13. The lowest BCUT2D eigenvalue weighted by Gasteiger charge is -2.04. The summed E-state index contributed by atoms with van der Waals surface area (Å²) in [5, 5.41) is 1.62. The fourth-order valence-electron chi connectivity index (χ4n) is 2.39. The van der Waals surface area contributed by atoms with Gasteiger partial charge >= 0.3 is 0 Å². The Labute approximate surface area is 132 Å². The summed E-state index contributed by atoms with van der Waals surface area (Å²) >= 11 is 6.12. The molecule has 3 rings (SSSR count). The molecule has 3 N–H and O–H groups in total. The number of fused-ring (bicyclic) bond motifs is 1.